The number of aryl methyl sites for hydroxylation is 1. The summed E-state index contributed by atoms with van der Waals surface area (Å²) in [6, 6.07) is 2.79. The molecule has 0 aliphatic carbocycles. The molecule has 90 valence electrons. The Labute approximate surface area is 100 Å². The van der Waals surface area contributed by atoms with Gasteiger partial charge in [-0.15, -0.1) is 0 Å². The smallest absolute Gasteiger partial charge is 0.0377 e. The lowest BCUT2D eigenvalue weighted by Gasteiger charge is -2.22. The third-order valence-corrected chi connectivity index (χ3v) is 3.86. The van der Waals surface area contributed by atoms with Crippen molar-refractivity contribution in [3.05, 3.63) is 28.3 Å². The highest BCUT2D eigenvalue weighted by Gasteiger charge is 2.11. The van der Waals surface area contributed by atoms with Crippen LogP contribution in [0.25, 0.3) is 0 Å². The molecule has 1 aromatic carbocycles. The molecule has 1 rings (SSSR count). The highest BCUT2D eigenvalue weighted by molar-refractivity contribution is 5.59. The van der Waals surface area contributed by atoms with E-state index in [-0.39, 0.29) is 0 Å². The third kappa shape index (κ3) is 2.58. The first-order chi connectivity index (χ1) is 7.34. The first-order valence-corrected chi connectivity index (χ1v) is 6.18. The van der Waals surface area contributed by atoms with E-state index in [0.717, 1.165) is 0 Å². The van der Waals surface area contributed by atoms with Gasteiger partial charge < -0.3 is 5.32 Å². The first kappa shape index (κ1) is 13.1. The standard InChI is InChI=1S/C15H25N/c1-9(2)14(7)16-15-8-10(3)11(4)12(5)13(15)6/h8-9,14,16H,1-7H3. The second kappa shape index (κ2) is 4.90. The summed E-state index contributed by atoms with van der Waals surface area (Å²) in [6.07, 6.45) is 0. The van der Waals surface area contributed by atoms with E-state index < -0.39 is 0 Å². The number of benzene rings is 1. The molecule has 0 amide bonds. The van der Waals surface area contributed by atoms with Crippen molar-refractivity contribution in [3.8, 4) is 0 Å². The van der Waals surface area contributed by atoms with Gasteiger partial charge >= 0.3 is 0 Å². The van der Waals surface area contributed by atoms with Crippen LogP contribution in [-0.2, 0) is 0 Å². The van der Waals surface area contributed by atoms with Gasteiger partial charge in [0, 0.05) is 11.7 Å². The summed E-state index contributed by atoms with van der Waals surface area (Å²) in [5, 5.41) is 3.62. The SMILES string of the molecule is Cc1cc(NC(C)C(C)C)c(C)c(C)c1C. The van der Waals surface area contributed by atoms with Crippen molar-refractivity contribution in [2.75, 3.05) is 5.32 Å². The van der Waals surface area contributed by atoms with Crippen LogP contribution in [0.5, 0.6) is 0 Å². The third-order valence-electron chi connectivity index (χ3n) is 3.86. The minimum atomic E-state index is 0.514. The molecule has 1 atom stereocenters. The Hall–Kier alpha value is -0.980. The Balaban J connectivity index is 3.06. The van der Waals surface area contributed by atoms with Crippen LogP contribution in [0.2, 0.25) is 0 Å². The van der Waals surface area contributed by atoms with E-state index in [9.17, 15) is 0 Å². The van der Waals surface area contributed by atoms with E-state index in [0.29, 0.717) is 12.0 Å². The maximum Gasteiger partial charge on any atom is 0.0377 e. The predicted octanol–water partition coefficient (Wildman–Crippen LogP) is 4.38. The molecule has 0 saturated heterocycles. The van der Waals surface area contributed by atoms with Crippen LogP contribution in [0, 0.1) is 33.6 Å². The molecule has 0 fully saturated rings. The average Bonchev–Trinajstić information content (AvgIpc) is 2.22. The predicted molar refractivity (Wildman–Crippen MR) is 73.3 cm³/mol. The van der Waals surface area contributed by atoms with Gasteiger partial charge in [0.25, 0.3) is 0 Å². The van der Waals surface area contributed by atoms with Crippen LogP contribution in [0.15, 0.2) is 6.07 Å². The number of nitrogens with one attached hydrogen (secondary N) is 1. The normalized spacial score (nSPS) is 13.0. The summed E-state index contributed by atoms with van der Waals surface area (Å²) in [5.74, 6) is 0.654. The lowest BCUT2D eigenvalue weighted by molar-refractivity contribution is 0.559. The summed E-state index contributed by atoms with van der Waals surface area (Å²) in [5.41, 5.74) is 6.89. The Morgan fingerprint density at radius 1 is 0.875 bits per heavy atom. The van der Waals surface area contributed by atoms with Gasteiger partial charge in [-0.3, -0.25) is 0 Å². The van der Waals surface area contributed by atoms with E-state index in [1.807, 2.05) is 0 Å². The lowest BCUT2D eigenvalue weighted by atomic mass is 9.96. The van der Waals surface area contributed by atoms with Crippen molar-refractivity contribution in [2.45, 2.75) is 54.5 Å². The molecule has 0 saturated carbocycles. The first-order valence-electron chi connectivity index (χ1n) is 6.18. The molecule has 16 heavy (non-hydrogen) atoms. The van der Waals surface area contributed by atoms with Crippen LogP contribution >= 0.6 is 0 Å². The van der Waals surface area contributed by atoms with Gasteiger partial charge in [0.15, 0.2) is 0 Å². The fraction of sp³-hybridized carbons (Fsp3) is 0.600. The van der Waals surface area contributed by atoms with Gasteiger partial charge in [-0.25, -0.2) is 0 Å². The Kier molecular flexibility index (Phi) is 4.01. The molecule has 0 heterocycles. The van der Waals surface area contributed by atoms with Crippen LogP contribution in [-0.4, -0.2) is 6.04 Å². The summed E-state index contributed by atoms with van der Waals surface area (Å²) < 4.78 is 0. The number of anilines is 1. The molecule has 1 nitrogen and oxygen atoms in total. The van der Waals surface area contributed by atoms with Crippen molar-refractivity contribution < 1.29 is 0 Å². The van der Waals surface area contributed by atoms with E-state index in [1.54, 1.807) is 0 Å². The van der Waals surface area contributed by atoms with E-state index >= 15 is 0 Å². The van der Waals surface area contributed by atoms with Gasteiger partial charge in [0.05, 0.1) is 0 Å². The molecule has 0 bridgehead atoms. The fourth-order valence-electron chi connectivity index (χ4n) is 1.77. The Morgan fingerprint density at radius 3 is 1.94 bits per heavy atom. The summed E-state index contributed by atoms with van der Waals surface area (Å²) in [7, 11) is 0. The van der Waals surface area contributed by atoms with E-state index in [1.165, 1.54) is 27.9 Å². The Bertz CT molecular complexity index is 378. The quantitative estimate of drug-likeness (QED) is 0.795. The molecule has 0 aliphatic rings. The molecule has 0 aromatic heterocycles. The fourth-order valence-corrected chi connectivity index (χ4v) is 1.77. The van der Waals surface area contributed by atoms with E-state index in [2.05, 4.69) is 59.8 Å². The van der Waals surface area contributed by atoms with Gasteiger partial charge in [-0.2, -0.15) is 0 Å². The molecule has 0 aliphatic heterocycles. The average molecular weight is 219 g/mol. The largest absolute Gasteiger partial charge is 0.382 e. The molecule has 1 N–H and O–H groups in total. The summed E-state index contributed by atoms with van der Waals surface area (Å²) >= 11 is 0. The molecule has 1 unspecified atom stereocenters. The second-order valence-electron chi connectivity index (χ2n) is 5.29. The summed E-state index contributed by atoms with van der Waals surface area (Å²) in [6.45, 7) is 15.6. The molecule has 0 radical (unpaired) electrons. The van der Waals surface area contributed by atoms with Gasteiger partial charge in [-0.1, -0.05) is 13.8 Å². The van der Waals surface area contributed by atoms with Crippen LogP contribution in [0.3, 0.4) is 0 Å². The zero-order valence-electron chi connectivity index (χ0n) is 11.7. The van der Waals surface area contributed by atoms with Gasteiger partial charge in [-0.05, 0) is 68.9 Å². The van der Waals surface area contributed by atoms with Crippen molar-refractivity contribution in [3.63, 3.8) is 0 Å². The minimum Gasteiger partial charge on any atom is -0.382 e. The number of rotatable bonds is 3. The maximum absolute atomic E-state index is 3.62. The Morgan fingerprint density at radius 2 is 1.44 bits per heavy atom. The molecular weight excluding hydrogens is 194 g/mol. The van der Waals surface area contributed by atoms with Crippen molar-refractivity contribution in [2.24, 2.45) is 5.92 Å². The molecule has 1 heteroatoms. The van der Waals surface area contributed by atoms with Crippen molar-refractivity contribution in [1.82, 2.24) is 0 Å². The second-order valence-corrected chi connectivity index (χ2v) is 5.29. The monoisotopic (exact) mass is 219 g/mol. The zero-order valence-corrected chi connectivity index (χ0v) is 11.7. The molecule has 0 spiro atoms. The molecular formula is C15H25N. The summed E-state index contributed by atoms with van der Waals surface area (Å²) in [4.78, 5) is 0. The lowest BCUT2D eigenvalue weighted by Crippen LogP contribution is -2.22. The van der Waals surface area contributed by atoms with E-state index in [4.69, 9.17) is 0 Å². The van der Waals surface area contributed by atoms with Gasteiger partial charge in [0.1, 0.15) is 0 Å². The highest BCUT2D eigenvalue weighted by atomic mass is 14.9. The van der Waals surface area contributed by atoms with Crippen molar-refractivity contribution >= 4 is 5.69 Å². The van der Waals surface area contributed by atoms with Crippen molar-refractivity contribution in [1.29, 1.82) is 0 Å². The van der Waals surface area contributed by atoms with Crippen LogP contribution in [0.4, 0.5) is 5.69 Å². The zero-order chi connectivity index (χ0) is 12.5. The number of hydrogen-bond donors (Lipinski definition) is 1. The number of hydrogen-bond acceptors (Lipinski definition) is 1. The van der Waals surface area contributed by atoms with Crippen LogP contribution in [0.1, 0.15) is 43.0 Å². The minimum absolute atomic E-state index is 0.514. The molecule has 1 aromatic rings. The highest BCUT2D eigenvalue weighted by Crippen LogP contribution is 2.26. The van der Waals surface area contributed by atoms with Crippen LogP contribution < -0.4 is 5.32 Å². The topological polar surface area (TPSA) is 12.0 Å². The van der Waals surface area contributed by atoms with Gasteiger partial charge in [0.2, 0.25) is 0 Å². The maximum atomic E-state index is 3.62.